The average Bonchev–Trinajstić information content (AvgIpc) is 2.37. The van der Waals surface area contributed by atoms with Crippen LogP contribution in [0.3, 0.4) is 0 Å². The molecule has 0 spiro atoms. The summed E-state index contributed by atoms with van der Waals surface area (Å²) in [5.74, 6) is 0.148. The molecule has 0 radical (unpaired) electrons. The van der Waals surface area contributed by atoms with Crippen LogP contribution < -0.4 is 10.6 Å². The first kappa shape index (κ1) is 15.0. The van der Waals surface area contributed by atoms with Crippen LogP contribution in [-0.2, 0) is 14.6 Å². The van der Waals surface area contributed by atoms with Gasteiger partial charge in [0.25, 0.3) is 0 Å². The third kappa shape index (κ3) is 3.58. The molecule has 1 aromatic carbocycles. The Morgan fingerprint density at radius 2 is 2.00 bits per heavy atom. The molecule has 1 unspecified atom stereocenters. The van der Waals surface area contributed by atoms with Gasteiger partial charge in [-0.1, -0.05) is 25.1 Å². The predicted molar refractivity (Wildman–Crippen MR) is 77.0 cm³/mol. The molecule has 0 aromatic heterocycles. The quantitative estimate of drug-likeness (QED) is 0.798. The largest absolute Gasteiger partial charge is 0.355 e. The first-order valence-electron chi connectivity index (χ1n) is 6.77. The van der Waals surface area contributed by atoms with Gasteiger partial charge in [-0.2, -0.15) is 0 Å². The Morgan fingerprint density at radius 3 is 2.55 bits per heavy atom. The summed E-state index contributed by atoms with van der Waals surface area (Å²) in [5, 5.41) is 5.83. The van der Waals surface area contributed by atoms with Gasteiger partial charge in [-0.15, -0.1) is 0 Å². The first-order valence-corrected chi connectivity index (χ1v) is 8.42. The Morgan fingerprint density at radius 1 is 1.35 bits per heavy atom. The molecule has 20 heavy (non-hydrogen) atoms. The van der Waals surface area contributed by atoms with Crippen LogP contribution >= 0.6 is 0 Å². The molecule has 2 N–H and O–H groups in total. The van der Waals surface area contributed by atoms with E-state index in [1.165, 1.54) is 0 Å². The SMILES string of the molecule is CC(C(=O)NCCS(=O)(=O)c1ccccc1)C1CNC1. The molecule has 1 fully saturated rings. The van der Waals surface area contributed by atoms with E-state index in [2.05, 4.69) is 10.6 Å². The molecule has 5 nitrogen and oxygen atoms in total. The van der Waals surface area contributed by atoms with Crippen molar-refractivity contribution in [1.82, 2.24) is 10.6 Å². The summed E-state index contributed by atoms with van der Waals surface area (Å²) in [7, 11) is -3.32. The highest BCUT2D eigenvalue weighted by Crippen LogP contribution is 2.15. The van der Waals surface area contributed by atoms with Crippen LogP contribution in [0.5, 0.6) is 0 Å². The third-order valence-corrected chi connectivity index (χ3v) is 5.44. The van der Waals surface area contributed by atoms with Gasteiger partial charge in [0.15, 0.2) is 9.84 Å². The fourth-order valence-electron chi connectivity index (χ4n) is 2.09. The van der Waals surface area contributed by atoms with Crippen molar-refractivity contribution < 1.29 is 13.2 Å². The number of hydrogen-bond donors (Lipinski definition) is 2. The molecule has 1 amide bonds. The lowest BCUT2D eigenvalue weighted by atomic mass is 9.88. The van der Waals surface area contributed by atoms with Gasteiger partial charge in [0.2, 0.25) is 5.91 Å². The molecule has 1 saturated heterocycles. The second kappa shape index (κ2) is 6.37. The number of hydrogen-bond acceptors (Lipinski definition) is 4. The number of amides is 1. The van der Waals surface area contributed by atoms with Crippen LogP contribution in [-0.4, -0.2) is 39.7 Å². The maximum absolute atomic E-state index is 12.0. The van der Waals surface area contributed by atoms with Crippen LogP contribution in [0.15, 0.2) is 35.2 Å². The summed E-state index contributed by atoms with van der Waals surface area (Å²) in [6, 6.07) is 8.29. The summed E-state index contributed by atoms with van der Waals surface area (Å²) in [6.07, 6.45) is 0. The number of nitrogens with one attached hydrogen (secondary N) is 2. The molecule has 1 atom stereocenters. The van der Waals surface area contributed by atoms with E-state index in [1.54, 1.807) is 30.3 Å². The van der Waals surface area contributed by atoms with E-state index in [0.717, 1.165) is 13.1 Å². The van der Waals surface area contributed by atoms with Crippen molar-refractivity contribution >= 4 is 15.7 Å². The second-order valence-electron chi connectivity index (χ2n) is 5.13. The van der Waals surface area contributed by atoms with Crippen LogP contribution in [0.4, 0.5) is 0 Å². The fraction of sp³-hybridized carbons (Fsp3) is 0.500. The molecule has 2 rings (SSSR count). The molecule has 1 aliphatic heterocycles. The van der Waals surface area contributed by atoms with E-state index in [1.807, 2.05) is 6.92 Å². The molecule has 0 saturated carbocycles. The van der Waals surface area contributed by atoms with Crippen molar-refractivity contribution in [3.63, 3.8) is 0 Å². The number of sulfone groups is 1. The fourth-order valence-corrected chi connectivity index (χ4v) is 3.27. The van der Waals surface area contributed by atoms with E-state index >= 15 is 0 Å². The molecular weight excluding hydrogens is 276 g/mol. The van der Waals surface area contributed by atoms with Crippen molar-refractivity contribution in [3.05, 3.63) is 30.3 Å². The van der Waals surface area contributed by atoms with E-state index in [4.69, 9.17) is 0 Å². The summed E-state index contributed by atoms with van der Waals surface area (Å²) in [5.41, 5.74) is 0. The highest BCUT2D eigenvalue weighted by molar-refractivity contribution is 7.91. The highest BCUT2D eigenvalue weighted by Gasteiger charge is 2.28. The molecule has 1 heterocycles. The van der Waals surface area contributed by atoms with Gasteiger partial charge in [0.05, 0.1) is 10.6 Å². The Bertz CT molecular complexity index is 553. The maximum Gasteiger partial charge on any atom is 0.223 e. The lowest BCUT2D eigenvalue weighted by Gasteiger charge is -2.31. The van der Waals surface area contributed by atoms with Gasteiger partial charge in [0, 0.05) is 12.5 Å². The van der Waals surface area contributed by atoms with Crippen LogP contribution in [0.1, 0.15) is 6.92 Å². The molecule has 110 valence electrons. The van der Waals surface area contributed by atoms with E-state index < -0.39 is 9.84 Å². The van der Waals surface area contributed by atoms with Gasteiger partial charge >= 0.3 is 0 Å². The monoisotopic (exact) mass is 296 g/mol. The van der Waals surface area contributed by atoms with E-state index in [9.17, 15) is 13.2 Å². The summed E-state index contributed by atoms with van der Waals surface area (Å²) >= 11 is 0. The van der Waals surface area contributed by atoms with Crippen molar-refractivity contribution in [3.8, 4) is 0 Å². The van der Waals surface area contributed by atoms with Crippen molar-refractivity contribution in [2.75, 3.05) is 25.4 Å². The average molecular weight is 296 g/mol. The van der Waals surface area contributed by atoms with E-state index in [0.29, 0.717) is 10.8 Å². The Kier molecular flexibility index (Phi) is 4.77. The molecule has 1 aromatic rings. The van der Waals surface area contributed by atoms with Crippen molar-refractivity contribution in [2.24, 2.45) is 11.8 Å². The third-order valence-electron chi connectivity index (χ3n) is 3.71. The van der Waals surface area contributed by atoms with Gasteiger partial charge in [-0.25, -0.2) is 8.42 Å². The predicted octanol–water partition coefficient (Wildman–Crippen LogP) is 0.432. The minimum absolute atomic E-state index is 0.0697. The zero-order chi connectivity index (χ0) is 14.6. The van der Waals surface area contributed by atoms with E-state index in [-0.39, 0.29) is 24.1 Å². The van der Waals surface area contributed by atoms with Crippen molar-refractivity contribution in [1.29, 1.82) is 0 Å². The Hall–Kier alpha value is -1.40. The topological polar surface area (TPSA) is 75.3 Å². The van der Waals surface area contributed by atoms with Gasteiger partial charge in [-0.3, -0.25) is 4.79 Å². The minimum atomic E-state index is -3.32. The van der Waals surface area contributed by atoms with Crippen LogP contribution in [0.2, 0.25) is 0 Å². The summed E-state index contributed by atoms with van der Waals surface area (Å²) < 4.78 is 24.0. The zero-order valence-electron chi connectivity index (χ0n) is 11.5. The number of benzene rings is 1. The summed E-state index contributed by atoms with van der Waals surface area (Å²) in [4.78, 5) is 12.2. The lowest BCUT2D eigenvalue weighted by Crippen LogP contribution is -2.50. The highest BCUT2D eigenvalue weighted by atomic mass is 32.2. The minimum Gasteiger partial charge on any atom is -0.355 e. The van der Waals surface area contributed by atoms with Crippen LogP contribution in [0, 0.1) is 11.8 Å². The molecule has 1 aliphatic rings. The Balaban J connectivity index is 1.82. The molecule has 0 aliphatic carbocycles. The maximum atomic E-state index is 12.0. The van der Waals surface area contributed by atoms with Crippen LogP contribution in [0.25, 0.3) is 0 Å². The lowest BCUT2D eigenvalue weighted by molar-refractivity contribution is -0.126. The second-order valence-corrected chi connectivity index (χ2v) is 7.24. The number of carbonyl (C=O) groups is 1. The normalized spacial score (nSPS) is 17.2. The molecule has 0 bridgehead atoms. The van der Waals surface area contributed by atoms with Gasteiger partial charge in [-0.05, 0) is 31.1 Å². The number of rotatable bonds is 6. The van der Waals surface area contributed by atoms with Gasteiger partial charge in [0.1, 0.15) is 0 Å². The summed E-state index contributed by atoms with van der Waals surface area (Å²) in [6.45, 7) is 3.75. The van der Waals surface area contributed by atoms with Gasteiger partial charge < -0.3 is 10.6 Å². The smallest absolute Gasteiger partial charge is 0.223 e. The zero-order valence-corrected chi connectivity index (χ0v) is 12.3. The molecule has 6 heteroatoms. The van der Waals surface area contributed by atoms with Crippen molar-refractivity contribution in [2.45, 2.75) is 11.8 Å². The Labute approximate surface area is 119 Å². The number of carbonyl (C=O) groups excluding carboxylic acids is 1. The standard InChI is InChI=1S/C14H20N2O3S/c1-11(12-9-15-10-12)14(17)16-7-8-20(18,19)13-5-3-2-4-6-13/h2-6,11-12,15H,7-10H2,1H3,(H,16,17). The first-order chi connectivity index (χ1) is 9.50. The molecular formula is C14H20N2O3S.